The van der Waals surface area contributed by atoms with E-state index < -0.39 is 0 Å². The number of benzene rings is 2. The zero-order chi connectivity index (χ0) is 14.0. The van der Waals surface area contributed by atoms with Crippen molar-refractivity contribution in [1.82, 2.24) is 0 Å². The molecule has 2 N–H and O–H groups in total. The van der Waals surface area contributed by atoms with E-state index in [2.05, 4.69) is 5.32 Å². The fourth-order valence-corrected chi connectivity index (χ4v) is 2.49. The quantitative estimate of drug-likeness (QED) is 0.762. The number of anilines is 1. The van der Waals surface area contributed by atoms with E-state index >= 15 is 0 Å². The molecule has 0 spiro atoms. The lowest BCUT2D eigenvalue weighted by atomic mass is 10.2. The second-order valence-electron chi connectivity index (χ2n) is 3.85. The second kappa shape index (κ2) is 6.10. The van der Waals surface area contributed by atoms with Gasteiger partial charge in [0, 0.05) is 17.1 Å². The lowest BCUT2D eigenvalue weighted by Gasteiger charge is -2.11. The summed E-state index contributed by atoms with van der Waals surface area (Å²) >= 11 is 23.7. The van der Waals surface area contributed by atoms with Gasteiger partial charge in [0.2, 0.25) is 0 Å². The smallest absolute Gasteiger partial charge is 0.139 e. The molecule has 0 amide bonds. The van der Waals surface area contributed by atoms with Crippen LogP contribution in [0.15, 0.2) is 30.3 Å². The molecule has 2 nitrogen and oxygen atoms in total. The molecule has 2 rings (SSSR count). The SMILES string of the molecule is Oc1c(Cl)cc(Cl)cc1CNc1cccc(Cl)c1Cl. The summed E-state index contributed by atoms with van der Waals surface area (Å²) in [5.41, 5.74) is 1.25. The van der Waals surface area contributed by atoms with Gasteiger partial charge in [-0.15, -0.1) is 0 Å². The third-order valence-corrected chi connectivity index (χ3v) is 3.85. The topological polar surface area (TPSA) is 32.3 Å². The molecule has 0 fully saturated rings. The molecule has 2 aromatic carbocycles. The van der Waals surface area contributed by atoms with Gasteiger partial charge in [-0.3, -0.25) is 0 Å². The molecule has 0 aromatic heterocycles. The van der Waals surface area contributed by atoms with Crippen molar-refractivity contribution in [2.75, 3.05) is 5.32 Å². The number of nitrogens with one attached hydrogen (secondary N) is 1. The van der Waals surface area contributed by atoms with E-state index in [0.717, 1.165) is 0 Å². The summed E-state index contributed by atoms with van der Waals surface area (Å²) in [6.07, 6.45) is 0. The van der Waals surface area contributed by atoms with E-state index in [4.69, 9.17) is 46.4 Å². The van der Waals surface area contributed by atoms with E-state index in [1.54, 1.807) is 24.3 Å². The summed E-state index contributed by atoms with van der Waals surface area (Å²) in [4.78, 5) is 0. The Morgan fingerprint density at radius 2 is 1.74 bits per heavy atom. The maximum Gasteiger partial charge on any atom is 0.139 e. The highest BCUT2D eigenvalue weighted by Crippen LogP contribution is 2.33. The molecule has 0 unspecified atom stereocenters. The Kier molecular flexibility index (Phi) is 4.69. The number of phenolic OH excluding ortho intramolecular Hbond substituents is 1. The predicted molar refractivity (Wildman–Crippen MR) is 81.9 cm³/mol. The van der Waals surface area contributed by atoms with Crippen molar-refractivity contribution in [3.05, 3.63) is 56.0 Å². The van der Waals surface area contributed by atoms with Crippen LogP contribution in [0.1, 0.15) is 5.56 Å². The number of hydrogen-bond acceptors (Lipinski definition) is 2. The minimum atomic E-state index is -0.00304. The Bertz CT molecular complexity index is 616. The lowest BCUT2D eigenvalue weighted by molar-refractivity contribution is 0.469. The zero-order valence-corrected chi connectivity index (χ0v) is 12.6. The molecule has 0 atom stereocenters. The molecule has 6 heteroatoms. The van der Waals surface area contributed by atoms with Crippen LogP contribution in [0.3, 0.4) is 0 Å². The van der Waals surface area contributed by atoms with Gasteiger partial charge in [-0.05, 0) is 24.3 Å². The molecular formula is C13H9Cl4NO. The fourth-order valence-electron chi connectivity index (χ4n) is 1.58. The van der Waals surface area contributed by atoms with Crippen molar-refractivity contribution in [2.45, 2.75) is 6.54 Å². The fraction of sp³-hybridized carbons (Fsp3) is 0.0769. The first-order chi connectivity index (χ1) is 8.99. The highest BCUT2D eigenvalue weighted by Gasteiger charge is 2.09. The van der Waals surface area contributed by atoms with Crippen LogP contribution >= 0.6 is 46.4 Å². The molecule has 100 valence electrons. The Morgan fingerprint density at radius 3 is 2.47 bits per heavy atom. The molecule has 0 saturated carbocycles. The van der Waals surface area contributed by atoms with Crippen molar-refractivity contribution >= 4 is 52.1 Å². The number of halogens is 4. The number of phenols is 1. The van der Waals surface area contributed by atoms with Gasteiger partial charge in [0.05, 0.1) is 20.8 Å². The van der Waals surface area contributed by atoms with Crippen LogP contribution in [0.2, 0.25) is 20.1 Å². The normalized spacial score (nSPS) is 10.5. The minimum Gasteiger partial charge on any atom is -0.506 e. The van der Waals surface area contributed by atoms with E-state index in [0.29, 0.717) is 32.9 Å². The van der Waals surface area contributed by atoms with Crippen molar-refractivity contribution in [2.24, 2.45) is 0 Å². The Labute approximate surface area is 130 Å². The van der Waals surface area contributed by atoms with Gasteiger partial charge in [-0.25, -0.2) is 0 Å². The Balaban J connectivity index is 2.21. The molecule has 0 saturated heterocycles. The van der Waals surface area contributed by atoms with Crippen molar-refractivity contribution in [3.63, 3.8) is 0 Å². The van der Waals surface area contributed by atoms with E-state index in [-0.39, 0.29) is 10.8 Å². The number of hydrogen-bond donors (Lipinski definition) is 2. The summed E-state index contributed by atoms with van der Waals surface area (Å²) in [5.74, 6) is -0.00304. The van der Waals surface area contributed by atoms with Crippen LogP contribution in [0.5, 0.6) is 5.75 Å². The molecule has 0 aliphatic carbocycles. The number of aromatic hydroxyl groups is 1. The number of rotatable bonds is 3. The van der Waals surface area contributed by atoms with E-state index in [1.165, 1.54) is 6.07 Å². The summed E-state index contributed by atoms with van der Waals surface area (Å²) in [5, 5.41) is 14.5. The molecule has 19 heavy (non-hydrogen) atoms. The summed E-state index contributed by atoms with van der Waals surface area (Å²) in [6.45, 7) is 0.326. The Hall–Kier alpha value is -0.800. The summed E-state index contributed by atoms with van der Waals surface area (Å²) in [6, 6.07) is 8.38. The van der Waals surface area contributed by atoms with Gasteiger partial charge >= 0.3 is 0 Å². The Morgan fingerprint density at radius 1 is 1.00 bits per heavy atom. The molecular weight excluding hydrogens is 328 g/mol. The van der Waals surface area contributed by atoms with Crippen molar-refractivity contribution < 1.29 is 5.11 Å². The minimum absolute atomic E-state index is 0.00304. The third kappa shape index (κ3) is 3.40. The first kappa shape index (κ1) is 14.6. The van der Waals surface area contributed by atoms with Crippen LogP contribution in [-0.4, -0.2) is 5.11 Å². The molecule has 0 bridgehead atoms. The average Bonchev–Trinajstić information content (AvgIpc) is 2.36. The largest absolute Gasteiger partial charge is 0.506 e. The van der Waals surface area contributed by atoms with Gasteiger partial charge in [0.15, 0.2) is 0 Å². The highest BCUT2D eigenvalue weighted by molar-refractivity contribution is 6.43. The molecule has 0 radical (unpaired) electrons. The van der Waals surface area contributed by atoms with Crippen LogP contribution in [0, 0.1) is 0 Å². The van der Waals surface area contributed by atoms with Gasteiger partial charge in [0.25, 0.3) is 0 Å². The summed E-state index contributed by atoms with van der Waals surface area (Å²) in [7, 11) is 0. The zero-order valence-electron chi connectivity index (χ0n) is 9.55. The van der Waals surface area contributed by atoms with Gasteiger partial charge in [0.1, 0.15) is 5.75 Å². The van der Waals surface area contributed by atoms with E-state index in [1.807, 2.05) is 0 Å². The first-order valence-corrected chi connectivity index (χ1v) is 6.85. The maximum atomic E-state index is 9.83. The lowest BCUT2D eigenvalue weighted by Crippen LogP contribution is -2.00. The van der Waals surface area contributed by atoms with Crippen molar-refractivity contribution in [1.29, 1.82) is 0 Å². The first-order valence-electron chi connectivity index (χ1n) is 5.34. The van der Waals surface area contributed by atoms with Crippen molar-refractivity contribution in [3.8, 4) is 5.75 Å². The standard InChI is InChI=1S/C13H9Cl4NO/c14-8-4-7(13(19)10(16)5-8)6-18-11-3-1-2-9(15)12(11)17/h1-5,18-19H,6H2. The summed E-state index contributed by atoms with van der Waals surface area (Å²) < 4.78 is 0. The highest BCUT2D eigenvalue weighted by atomic mass is 35.5. The predicted octanol–water partition coefficient (Wildman–Crippen LogP) is 5.62. The van der Waals surface area contributed by atoms with Crippen LogP contribution in [0.4, 0.5) is 5.69 Å². The average molecular weight is 337 g/mol. The maximum absolute atomic E-state index is 9.83. The van der Waals surface area contributed by atoms with Gasteiger partial charge in [-0.2, -0.15) is 0 Å². The van der Waals surface area contributed by atoms with E-state index in [9.17, 15) is 5.11 Å². The van der Waals surface area contributed by atoms with Crippen LogP contribution < -0.4 is 5.32 Å². The van der Waals surface area contributed by atoms with Gasteiger partial charge in [-0.1, -0.05) is 52.5 Å². The molecule has 0 aliphatic heterocycles. The third-order valence-electron chi connectivity index (χ3n) is 2.53. The molecule has 0 heterocycles. The van der Waals surface area contributed by atoms with Gasteiger partial charge < -0.3 is 10.4 Å². The molecule has 0 aliphatic rings. The second-order valence-corrected chi connectivity index (χ2v) is 5.48. The monoisotopic (exact) mass is 335 g/mol. The molecule has 2 aromatic rings. The van der Waals surface area contributed by atoms with Crippen LogP contribution in [0.25, 0.3) is 0 Å². The van der Waals surface area contributed by atoms with Crippen LogP contribution in [-0.2, 0) is 6.54 Å².